The van der Waals surface area contributed by atoms with Gasteiger partial charge in [0.25, 0.3) is 0 Å². The van der Waals surface area contributed by atoms with Gasteiger partial charge in [0, 0.05) is 33.8 Å². The Labute approximate surface area is 146 Å². The van der Waals surface area contributed by atoms with Gasteiger partial charge in [0.15, 0.2) is 5.96 Å². The van der Waals surface area contributed by atoms with Gasteiger partial charge in [-0.1, -0.05) is 25.7 Å². The molecule has 1 heterocycles. The molecule has 6 heteroatoms. The van der Waals surface area contributed by atoms with Gasteiger partial charge in [-0.05, 0) is 31.6 Å². The lowest BCUT2D eigenvalue weighted by Gasteiger charge is -2.16. The van der Waals surface area contributed by atoms with E-state index in [1.54, 1.807) is 19.0 Å². The third kappa shape index (κ3) is 7.07. The zero-order valence-electron chi connectivity index (χ0n) is 15.4. The van der Waals surface area contributed by atoms with E-state index in [0.29, 0.717) is 0 Å². The summed E-state index contributed by atoms with van der Waals surface area (Å²) < 4.78 is 5.64. The second-order valence-corrected chi connectivity index (χ2v) is 7.19. The van der Waals surface area contributed by atoms with Gasteiger partial charge in [0.1, 0.15) is 6.54 Å². The summed E-state index contributed by atoms with van der Waals surface area (Å²) >= 11 is 0. The molecule has 24 heavy (non-hydrogen) atoms. The predicted octanol–water partition coefficient (Wildman–Crippen LogP) is 1.76. The van der Waals surface area contributed by atoms with E-state index in [4.69, 9.17) is 4.74 Å². The van der Waals surface area contributed by atoms with Gasteiger partial charge in [-0.25, -0.2) is 4.99 Å². The molecule has 1 saturated carbocycles. The normalized spacial score (nSPS) is 21.9. The van der Waals surface area contributed by atoms with Crippen LogP contribution in [-0.2, 0) is 9.53 Å². The Hall–Kier alpha value is -1.30. The first-order chi connectivity index (χ1) is 11.6. The number of hydrogen-bond acceptors (Lipinski definition) is 3. The summed E-state index contributed by atoms with van der Waals surface area (Å²) in [5.41, 5.74) is 0. The van der Waals surface area contributed by atoms with Crippen molar-refractivity contribution in [2.24, 2.45) is 10.9 Å². The number of amides is 1. The highest BCUT2D eigenvalue weighted by Gasteiger charge is 2.16. The summed E-state index contributed by atoms with van der Waals surface area (Å²) in [5, 5.41) is 6.70. The standard InChI is InChI=1S/C18H34N4O2/c1-22(2)17(23)14-21-18(20-13-16-10-6-12-24-16)19-11-5-9-15-7-3-4-8-15/h15-16H,3-14H2,1-2H3,(H2,19,20,21). The molecule has 138 valence electrons. The van der Waals surface area contributed by atoms with Crippen molar-refractivity contribution in [3.63, 3.8) is 0 Å². The van der Waals surface area contributed by atoms with Crippen molar-refractivity contribution in [3.05, 3.63) is 0 Å². The van der Waals surface area contributed by atoms with Crippen molar-refractivity contribution in [1.82, 2.24) is 15.5 Å². The van der Waals surface area contributed by atoms with Crippen LogP contribution in [-0.4, -0.2) is 63.2 Å². The molecular weight excluding hydrogens is 304 g/mol. The van der Waals surface area contributed by atoms with Crippen LogP contribution >= 0.6 is 0 Å². The van der Waals surface area contributed by atoms with E-state index in [1.165, 1.54) is 32.1 Å². The van der Waals surface area contributed by atoms with Gasteiger partial charge in [-0.2, -0.15) is 0 Å². The fourth-order valence-electron chi connectivity index (χ4n) is 3.37. The SMILES string of the molecule is CN(C)C(=O)CN=C(NCCCC1CCCC1)NCC1CCCO1. The molecule has 0 radical (unpaired) electrons. The molecule has 0 aromatic carbocycles. The summed E-state index contributed by atoms with van der Waals surface area (Å²) in [7, 11) is 3.51. The van der Waals surface area contributed by atoms with Crippen LogP contribution in [0.4, 0.5) is 0 Å². The van der Waals surface area contributed by atoms with Gasteiger partial charge in [-0.3, -0.25) is 4.79 Å². The summed E-state index contributed by atoms with van der Waals surface area (Å²) in [6, 6.07) is 0. The molecule has 2 rings (SSSR count). The topological polar surface area (TPSA) is 66.0 Å². The van der Waals surface area contributed by atoms with Crippen molar-refractivity contribution in [3.8, 4) is 0 Å². The number of hydrogen-bond donors (Lipinski definition) is 2. The first-order valence-corrected chi connectivity index (χ1v) is 9.49. The fourth-order valence-corrected chi connectivity index (χ4v) is 3.37. The third-order valence-electron chi connectivity index (χ3n) is 4.95. The van der Waals surface area contributed by atoms with Crippen molar-refractivity contribution in [1.29, 1.82) is 0 Å². The molecule has 1 atom stereocenters. The van der Waals surface area contributed by atoms with Crippen molar-refractivity contribution in [2.45, 2.75) is 57.5 Å². The summed E-state index contributed by atoms with van der Waals surface area (Å²) in [6.07, 6.45) is 10.5. The Morgan fingerprint density at radius 3 is 2.62 bits per heavy atom. The zero-order valence-corrected chi connectivity index (χ0v) is 15.4. The van der Waals surface area contributed by atoms with Crippen LogP contribution in [0.1, 0.15) is 51.4 Å². The number of rotatable bonds is 8. The Kier molecular flexibility index (Phi) is 8.36. The maximum Gasteiger partial charge on any atom is 0.243 e. The first kappa shape index (κ1) is 19.0. The quantitative estimate of drug-likeness (QED) is 0.402. The number of guanidine groups is 1. The van der Waals surface area contributed by atoms with Gasteiger partial charge in [0.05, 0.1) is 6.10 Å². The molecule has 1 aliphatic heterocycles. The molecule has 6 nitrogen and oxygen atoms in total. The van der Waals surface area contributed by atoms with Crippen LogP contribution in [0.2, 0.25) is 0 Å². The molecule has 0 aromatic rings. The minimum absolute atomic E-state index is 0.0131. The van der Waals surface area contributed by atoms with Gasteiger partial charge in [-0.15, -0.1) is 0 Å². The summed E-state index contributed by atoms with van der Waals surface area (Å²) in [6.45, 7) is 2.69. The fraction of sp³-hybridized carbons (Fsp3) is 0.889. The summed E-state index contributed by atoms with van der Waals surface area (Å²) in [5.74, 6) is 1.66. The number of likely N-dealkylation sites (N-methyl/N-ethyl adjacent to an activating group) is 1. The van der Waals surface area contributed by atoms with Crippen LogP contribution in [0.3, 0.4) is 0 Å². The van der Waals surface area contributed by atoms with Gasteiger partial charge >= 0.3 is 0 Å². The number of ether oxygens (including phenoxy) is 1. The number of nitrogens with one attached hydrogen (secondary N) is 2. The van der Waals surface area contributed by atoms with Gasteiger partial charge in [0.2, 0.25) is 5.91 Å². The Morgan fingerprint density at radius 2 is 1.96 bits per heavy atom. The molecule has 2 aliphatic rings. The highest BCUT2D eigenvalue weighted by atomic mass is 16.5. The minimum Gasteiger partial charge on any atom is -0.376 e. The average Bonchev–Trinajstić information content (AvgIpc) is 3.26. The molecule has 1 unspecified atom stereocenters. The third-order valence-corrected chi connectivity index (χ3v) is 4.95. The lowest BCUT2D eigenvalue weighted by atomic mass is 10.0. The number of nitrogens with zero attached hydrogens (tertiary/aromatic N) is 2. The largest absolute Gasteiger partial charge is 0.376 e. The molecule has 0 bridgehead atoms. The Balaban J connectivity index is 1.72. The first-order valence-electron chi connectivity index (χ1n) is 9.49. The lowest BCUT2D eigenvalue weighted by molar-refractivity contribution is -0.127. The van der Waals surface area contributed by atoms with Crippen LogP contribution in [0, 0.1) is 5.92 Å². The van der Waals surface area contributed by atoms with E-state index >= 15 is 0 Å². The molecule has 0 spiro atoms. The van der Waals surface area contributed by atoms with E-state index < -0.39 is 0 Å². The number of aliphatic imine (C=N–C) groups is 1. The summed E-state index contributed by atoms with van der Waals surface area (Å²) in [4.78, 5) is 17.7. The van der Waals surface area contributed by atoms with E-state index in [2.05, 4.69) is 15.6 Å². The lowest BCUT2D eigenvalue weighted by Crippen LogP contribution is -2.42. The van der Waals surface area contributed by atoms with E-state index in [1.807, 2.05) is 0 Å². The van der Waals surface area contributed by atoms with Crippen LogP contribution in [0.25, 0.3) is 0 Å². The average molecular weight is 338 g/mol. The van der Waals surface area contributed by atoms with Crippen LogP contribution in [0.5, 0.6) is 0 Å². The second kappa shape index (κ2) is 10.5. The molecule has 2 N–H and O–H groups in total. The number of carbonyl (C=O) groups excluding carboxylic acids is 1. The maximum absolute atomic E-state index is 11.8. The van der Waals surface area contributed by atoms with Crippen LogP contribution in [0.15, 0.2) is 4.99 Å². The predicted molar refractivity (Wildman–Crippen MR) is 97.2 cm³/mol. The molecular formula is C18H34N4O2. The second-order valence-electron chi connectivity index (χ2n) is 7.19. The van der Waals surface area contributed by atoms with Crippen molar-refractivity contribution < 1.29 is 9.53 Å². The van der Waals surface area contributed by atoms with Crippen molar-refractivity contribution >= 4 is 11.9 Å². The van der Waals surface area contributed by atoms with Gasteiger partial charge < -0.3 is 20.3 Å². The van der Waals surface area contributed by atoms with Crippen LogP contribution < -0.4 is 10.6 Å². The Bertz CT molecular complexity index is 400. The minimum atomic E-state index is 0.0131. The van der Waals surface area contributed by atoms with Crippen molar-refractivity contribution in [2.75, 3.05) is 40.3 Å². The zero-order chi connectivity index (χ0) is 17.2. The molecule has 1 amide bonds. The maximum atomic E-state index is 11.8. The smallest absolute Gasteiger partial charge is 0.243 e. The highest BCUT2D eigenvalue weighted by molar-refractivity contribution is 5.84. The highest BCUT2D eigenvalue weighted by Crippen LogP contribution is 2.28. The van der Waals surface area contributed by atoms with E-state index in [9.17, 15) is 4.79 Å². The monoisotopic (exact) mass is 338 g/mol. The molecule has 0 aromatic heterocycles. The van der Waals surface area contributed by atoms with E-state index in [-0.39, 0.29) is 18.6 Å². The molecule has 1 aliphatic carbocycles. The molecule has 1 saturated heterocycles. The number of carbonyl (C=O) groups is 1. The molecule has 2 fully saturated rings. The Morgan fingerprint density at radius 1 is 1.17 bits per heavy atom. The van der Waals surface area contributed by atoms with E-state index in [0.717, 1.165) is 50.8 Å².